The van der Waals surface area contributed by atoms with Crippen molar-refractivity contribution in [1.29, 1.82) is 0 Å². The van der Waals surface area contributed by atoms with E-state index in [9.17, 15) is 18.0 Å². The molecule has 3 aromatic rings. The van der Waals surface area contributed by atoms with Crippen LogP contribution in [-0.2, 0) is 31.0 Å². The molecule has 0 aliphatic carbocycles. The highest BCUT2D eigenvalue weighted by Gasteiger charge is 2.48. The van der Waals surface area contributed by atoms with Crippen molar-refractivity contribution in [3.05, 3.63) is 65.9 Å². The Balaban J connectivity index is 1.47. The smallest absolute Gasteiger partial charge is 0.307 e. The quantitative estimate of drug-likeness (QED) is 0.476. The third-order valence-electron chi connectivity index (χ3n) is 5.95. The summed E-state index contributed by atoms with van der Waals surface area (Å²) in [5.74, 6) is -0.236. The number of carbonyl (C=O) groups excluding carboxylic acids is 2. The normalized spacial score (nSPS) is 14.9. The fourth-order valence-corrected chi connectivity index (χ4v) is 5.59. The Kier molecular flexibility index (Phi) is 6.77. The van der Waals surface area contributed by atoms with Gasteiger partial charge in [0, 0.05) is 36.7 Å². The van der Waals surface area contributed by atoms with Crippen molar-refractivity contribution in [2.45, 2.75) is 37.3 Å². The van der Waals surface area contributed by atoms with Crippen LogP contribution in [0.1, 0.15) is 24.6 Å². The van der Waals surface area contributed by atoms with Gasteiger partial charge >= 0.3 is 5.97 Å². The molecule has 1 aliphatic rings. The number of aryl methyl sites for hydroxylation is 1. The summed E-state index contributed by atoms with van der Waals surface area (Å²) in [6, 6.07) is 15.8. The van der Waals surface area contributed by atoms with Crippen molar-refractivity contribution >= 4 is 32.8 Å². The lowest BCUT2D eigenvalue weighted by Crippen LogP contribution is -2.71. The van der Waals surface area contributed by atoms with Crippen LogP contribution in [0.3, 0.4) is 0 Å². The first-order chi connectivity index (χ1) is 16.6. The van der Waals surface area contributed by atoms with Gasteiger partial charge in [-0.25, -0.2) is 13.1 Å². The summed E-state index contributed by atoms with van der Waals surface area (Å²) in [6.45, 7) is 3.81. The number of hydrogen-bond acceptors (Lipinski definition) is 7. The first-order valence-corrected chi connectivity index (χ1v) is 12.5. The summed E-state index contributed by atoms with van der Waals surface area (Å²) in [5.41, 5.74) is 1.65. The van der Waals surface area contributed by atoms with Crippen LogP contribution in [0.5, 0.6) is 5.75 Å². The van der Waals surface area contributed by atoms with E-state index >= 15 is 0 Å². The molecule has 0 bridgehead atoms. The lowest BCUT2D eigenvalue weighted by atomic mass is 9.87. The summed E-state index contributed by atoms with van der Waals surface area (Å²) < 4.78 is 39.3. The Bertz CT molecular complexity index is 1370. The fraction of sp³-hybridized carbons (Fsp3) is 0.320. The predicted molar refractivity (Wildman–Crippen MR) is 129 cm³/mol. The number of amides is 1. The average molecular weight is 498 g/mol. The van der Waals surface area contributed by atoms with E-state index in [0.717, 1.165) is 22.2 Å². The largest absolute Gasteiger partial charge is 0.489 e. The minimum absolute atomic E-state index is 0.0283. The molecule has 0 atom stereocenters. The number of rotatable bonds is 8. The maximum absolute atomic E-state index is 13.0. The number of fused-ring (bicyclic) bond motifs is 1. The highest BCUT2D eigenvalue weighted by molar-refractivity contribution is 7.89. The number of carbonyl (C=O) groups is 2. The number of benzene rings is 2. The number of pyridine rings is 1. The van der Waals surface area contributed by atoms with Gasteiger partial charge in [0.1, 0.15) is 12.4 Å². The number of likely N-dealkylation sites (tertiary alicyclic amines) is 1. The molecular weight excluding hydrogens is 470 g/mol. The third kappa shape index (κ3) is 5.44. The number of ether oxygens (including phenoxy) is 2. The maximum atomic E-state index is 13.0. The van der Waals surface area contributed by atoms with Gasteiger partial charge in [0.25, 0.3) is 0 Å². The second-order valence-corrected chi connectivity index (χ2v) is 10.4. The molecule has 2 aromatic carbocycles. The molecule has 1 saturated heterocycles. The lowest BCUT2D eigenvalue weighted by Gasteiger charge is -2.49. The first-order valence-electron chi connectivity index (χ1n) is 11.1. The molecule has 2 heterocycles. The van der Waals surface area contributed by atoms with Gasteiger partial charge in [0.05, 0.1) is 29.5 Å². The summed E-state index contributed by atoms with van der Waals surface area (Å²) in [7, 11) is -2.72. The van der Waals surface area contributed by atoms with Gasteiger partial charge in [-0.2, -0.15) is 0 Å². The van der Waals surface area contributed by atoms with Crippen LogP contribution in [-0.4, -0.2) is 55.9 Å². The molecule has 0 spiro atoms. The monoisotopic (exact) mass is 497 g/mol. The van der Waals surface area contributed by atoms with E-state index in [1.165, 1.54) is 31.1 Å². The van der Waals surface area contributed by atoms with Crippen molar-refractivity contribution in [3.8, 4) is 5.75 Å². The second kappa shape index (κ2) is 9.63. The first kappa shape index (κ1) is 24.6. The van der Waals surface area contributed by atoms with E-state index in [-0.39, 0.29) is 30.3 Å². The molecule has 35 heavy (non-hydrogen) atoms. The molecule has 184 valence electrons. The average Bonchev–Trinajstić information content (AvgIpc) is 2.80. The van der Waals surface area contributed by atoms with Crippen LogP contribution in [0.2, 0.25) is 0 Å². The zero-order valence-corrected chi connectivity index (χ0v) is 20.6. The number of methoxy groups -OCH3 is 1. The zero-order valence-electron chi connectivity index (χ0n) is 19.8. The van der Waals surface area contributed by atoms with E-state index in [2.05, 4.69) is 9.71 Å². The van der Waals surface area contributed by atoms with Gasteiger partial charge in [-0.05, 0) is 43.3 Å². The molecule has 1 N–H and O–H groups in total. The molecule has 0 saturated carbocycles. The van der Waals surface area contributed by atoms with E-state index < -0.39 is 21.5 Å². The van der Waals surface area contributed by atoms with E-state index in [1.54, 1.807) is 12.1 Å². The molecule has 1 fully saturated rings. The van der Waals surface area contributed by atoms with Gasteiger partial charge in [-0.15, -0.1) is 0 Å². The van der Waals surface area contributed by atoms with Gasteiger partial charge in [0.2, 0.25) is 15.9 Å². The van der Waals surface area contributed by atoms with Crippen molar-refractivity contribution < 1.29 is 27.5 Å². The van der Waals surface area contributed by atoms with Crippen LogP contribution < -0.4 is 9.46 Å². The molecule has 9 nitrogen and oxygen atoms in total. The number of aromatic nitrogens is 1. The van der Waals surface area contributed by atoms with E-state index in [4.69, 9.17) is 9.47 Å². The van der Waals surface area contributed by atoms with Crippen LogP contribution in [0.15, 0.2) is 59.5 Å². The van der Waals surface area contributed by atoms with Crippen LogP contribution in [0.4, 0.5) is 0 Å². The minimum Gasteiger partial charge on any atom is -0.489 e. The summed E-state index contributed by atoms with van der Waals surface area (Å²) in [5, 5.41) is 0.998. The van der Waals surface area contributed by atoms with Crippen molar-refractivity contribution in [3.63, 3.8) is 0 Å². The van der Waals surface area contributed by atoms with Gasteiger partial charge in [-0.3, -0.25) is 14.6 Å². The molecule has 1 amide bonds. The van der Waals surface area contributed by atoms with E-state index in [1.807, 2.05) is 37.3 Å². The lowest BCUT2D eigenvalue weighted by molar-refractivity contribution is -0.148. The molecule has 1 aliphatic heterocycles. The molecule has 0 unspecified atom stereocenters. The molecule has 10 heteroatoms. The Labute approximate surface area is 204 Å². The standard InChI is InChI=1S/C25H27N3O6S/c1-17-12-19(22-6-4-5-7-23(22)26-17)14-34-20-8-10-21(11-9-20)35(31,32)27-25(13-24(30)33-3)15-28(16-25)18(2)29/h4-12,27H,13-16H2,1-3H3. The van der Waals surface area contributed by atoms with Gasteiger partial charge in [-0.1, -0.05) is 18.2 Å². The Morgan fingerprint density at radius 3 is 2.46 bits per heavy atom. The van der Waals surface area contributed by atoms with Crippen molar-refractivity contribution in [2.75, 3.05) is 20.2 Å². The third-order valence-corrected chi connectivity index (χ3v) is 7.55. The topological polar surface area (TPSA) is 115 Å². The molecule has 0 radical (unpaired) electrons. The van der Waals surface area contributed by atoms with E-state index in [0.29, 0.717) is 12.4 Å². The fourth-order valence-electron chi connectivity index (χ4n) is 4.20. The van der Waals surface area contributed by atoms with Gasteiger partial charge < -0.3 is 14.4 Å². The Morgan fingerprint density at radius 1 is 1.11 bits per heavy atom. The minimum atomic E-state index is -3.96. The molecule has 1 aromatic heterocycles. The molecule has 4 rings (SSSR count). The number of nitrogens with zero attached hydrogens (tertiary/aromatic N) is 2. The summed E-state index contributed by atoms with van der Waals surface area (Å²) in [6.07, 6.45) is -0.174. The summed E-state index contributed by atoms with van der Waals surface area (Å²) >= 11 is 0. The molecular formula is C25H27N3O6S. The number of sulfonamides is 1. The number of esters is 1. The zero-order chi connectivity index (χ0) is 25.2. The van der Waals surface area contributed by atoms with Gasteiger partial charge in [0.15, 0.2) is 0 Å². The maximum Gasteiger partial charge on any atom is 0.307 e. The van der Waals surface area contributed by atoms with Crippen LogP contribution in [0.25, 0.3) is 10.9 Å². The summed E-state index contributed by atoms with van der Waals surface area (Å²) in [4.78, 5) is 29.5. The van der Waals surface area contributed by atoms with Crippen LogP contribution in [0, 0.1) is 6.92 Å². The van der Waals surface area contributed by atoms with Crippen LogP contribution >= 0.6 is 0 Å². The highest BCUT2D eigenvalue weighted by Crippen LogP contribution is 2.28. The SMILES string of the molecule is COC(=O)CC1(NS(=O)(=O)c2ccc(OCc3cc(C)nc4ccccc34)cc2)CN(C(C)=O)C1. The number of hydrogen-bond donors (Lipinski definition) is 1. The Hall–Kier alpha value is -3.50. The number of nitrogens with one attached hydrogen (secondary N) is 1. The predicted octanol–water partition coefficient (Wildman–Crippen LogP) is 2.56. The van der Waals surface area contributed by atoms with Crippen molar-refractivity contribution in [1.82, 2.24) is 14.6 Å². The Morgan fingerprint density at radius 2 is 1.80 bits per heavy atom. The highest BCUT2D eigenvalue weighted by atomic mass is 32.2. The number of para-hydroxylation sites is 1. The second-order valence-electron chi connectivity index (χ2n) is 8.71. The van der Waals surface area contributed by atoms with Crippen molar-refractivity contribution in [2.24, 2.45) is 0 Å².